The molecule has 4 nitrogen and oxygen atoms in total. The first-order valence-corrected chi connectivity index (χ1v) is 4.54. The highest BCUT2D eigenvalue weighted by atomic mass is 15.0. The lowest BCUT2D eigenvalue weighted by Gasteiger charge is -1.97. The zero-order valence-electron chi connectivity index (χ0n) is 8.04. The van der Waals surface area contributed by atoms with Gasteiger partial charge in [-0.25, -0.2) is 4.99 Å². The summed E-state index contributed by atoms with van der Waals surface area (Å²) in [6, 6.07) is 7.51. The molecule has 1 N–H and O–H groups in total. The molecule has 0 bridgehead atoms. The van der Waals surface area contributed by atoms with Gasteiger partial charge < -0.3 is 5.32 Å². The van der Waals surface area contributed by atoms with Gasteiger partial charge in [-0.05, 0) is 24.3 Å². The number of anilines is 1. The highest BCUT2D eigenvalue weighted by Gasteiger charge is 1.86. The lowest BCUT2D eigenvalue weighted by atomic mass is 10.4. The first-order chi connectivity index (χ1) is 7.45. The van der Waals surface area contributed by atoms with Crippen molar-refractivity contribution in [2.24, 2.45) is 4.99 Å². The molecule has 0 spiro atoms. The summed E-state index contributed by atoms with van der Waals surface area (Å²) in [6.07, 6.45) is 8.49. The lowest BCUT2D eigenvalue weighted by molar-refractivity contribution is 1.30. The van der Waals surface area contributed by atoms with Crippen LogP contribution in [0.4, 0.5) is 11.4 Å². The molecule has 0 atom stereocenters. The average molecular weight is 198 g/mol. The number of nitrogens with zero attached hydrogens (tertiary/aromatic N) is 3. The highest BCUT2D eigenvalue weighted by molar-refractivity contribution is 5.77. The van der Waals surface area contributed by atoms with Gasteiger partial charge in [-0.3, -0.25) is 9.97 Å². The quantitative estimate of drug-likeness (QED) is 0.607. The van der Waals surface area contributed by atoms with Gasteiger partial charge in [0.15, 0.2) is 0 Å². The van der Waals surface area contributed by atoms with E-state index in [1.54, 1.807) is 31.1 Å². The fourth-order valence-corrected chi connectivity index (χ4v) is 1.06. The molecular formula is C11H10N4. The maximum atomic E-state index is 4.18. The van der Waals surface area contributed by atoms with Gasteiger partial charge in [-0.1, -0.05) is 0 Å². The summed E-state index contributed by atoms with van der Waals surface area (Å²) in [7, 11) is 0. The molecule has 2 heterocycles. The van der Waals surface area contributed by atoms with E-state index in [0.717, 1.165) is 11.4 Å². The number of nitrogens with one attached hydrogen (secondary N) is 1. The Bertz CT molecular complexity index is 425. The molecule has 0 aromatic carbocycles. The van der Waals surface area contributed by atoms with Crippen molar-refractivity contribution in [2.75, 3.05) is 5.32 Å². The monoisotopic (exact) mass is 198 g/mol. The minimum atomic E-state index is 0.814. The fraction of sp³-hybridized carbons (Fsp3) is 0. The molecule has 2 rings (SSSR count). The van der Waals surface area contributed by atoms with Crippen LogP contribution in [-0.4, -0.2) is 16.3 Å². The second-order valence-electron chi connectivity index (χ2n) is 2.86. The Morgan fingerprint density at radius 2 is 1.87 bits per heavy atom. The number of hydrogen-bond acceptors (Lipinski definition) is 3. The van der Waals surface area contributed by atoms with Gasteiger partial charge in [0.05, 0.1) is 30.1 Å². The van der Waals surface area contributed by atoms with E-state index in [9.17, 15) is 0 Å². The van der Waals surface area contributed by atoms with Crippen molar-refractivity contribution in [3.63, 3.8) is 0 Å². The van der Waals surface area contributed by atoms with Crippen LogP contribution in [0.1, 0.15) is 0 Å². The van der Waals surface area contributed by atoms with Crippen LogP contribution in [0.3, 0.4) is 0 Å². The molecule has 0 aliphatic heterocycles. The van der Waals surface area contributed by atoms with E-state index in [4.69, 9.17) is 0 Å². The van der Waals surface area contributed by atoms with Crippen molar-refractivity contribution in [3.05, 3.63) is 49.1 Å². The minimum Gasteiger partial charge on any atom is -0.345 e. The molecule has 0 fully saturated rings. The predicted octanol–water partition coefficient (Wildman–Crippen LogP) is 2.25. The number of hydrogen-bond donors (Lipinski definition) is 1. The summed E-state index contributed by atoms with van der Waals surface area (Å²) in [5.41, 5.74) is 1.72. The predicted molar refractivity (Wildman–Crippen MR) is 60.2 cm³/mol. The SMILES string of the molecule is C(=Nc1cccnc1)Nc1cccnc1. The van der Waals surface area contributed by atoms with Crippen LogP contribution in [0.5, 0.6) is 0 Å². The summed E-state index contributed by atoms with van der Waals surface area (Å²) in [5.74, 6) is 0. The largest absolute Gasteiger partial charge is 0.345 e. The van der Waals surface area contributed by atoms with Crippen molar-refractivity contribution in [1.82, 2.24) is 9.97 Å². The van der Waals surface area contributed by atoms with E-state index in [-0.39, 0.29) is 0 Å². The summed E-state index contributed by atoms with van der Waals surface area (Å²) >= 11 is 0. The van der Waals surface area contributed by atoms with Gasteiger partial charge in [-0.2, -0.15) is 0 Å². The van der Waals surface area contributed by atoms with E-state index in [2.05, 4.69) is 20.3 Å². The molecule has 15 heavy (non-hydrogen) atoms. The normalized spacial score (nSPS) is 10.4. The summed E-state index contributed by atoms with van der Waals surface area (Å²) in [5, 5.41) is 3.01. The highest BCUT2D eigenvalue weighted by Crippen LogP contribution is 2.07. The Labute approximate surface area is 87.7 Å². The number of pyridine rings is 2. The van der Waals surface area contributed by atoms with E-state index in [0.29, 0.717) is 0 Å². The minimum absolute atomic E-state index is 0.814. The zero-order valence-corrected chi connectivity index (χ0v) is 8.04. The number of rotatable bonds is 3. The van der Waals surface area contributed by atoms with Gasteiger partial charge in [0.1, 0.15) is 0 Å². The second kappa shape index (κ2) is 4.85. The Morgan fingerprint density at radius 1 is 1.07 bits per heavy atom. The van der Waals surface area contributed by atoms with E-state index >= 15 is 0 Å². The number of aliphatic imine (C=N–C) groups is 1. The Kier molecular flexibility index (Phi) is 3.02. The van der Waals surface area contributed by atoms with E-state index in [1.807, 2.05) is 24.3 Å². The fourth-order valence-electron chi connectivity index (χ4n) is 1.06. The first kappa shape index (κ1) is 9.33. The van der Waals surface area contributed by atoms with Crippen molar-refractivity contribution < 1.29 is 0 Å². The van der Waals surface area contributed by atoms with Crippen molar-refractivity contribution in [3.8, 4) is 0 Å². The van der Waals surface area contributed by atoms with Gasteiger partial charge in [-0.15, -0.1) is 0 Å². The third-order valence-corrected chi connectivity index (χ3v) is 1.75. The van der Waals surface area contributed by atoms with Crippen LogP contribution < -0.4 is 5.32 Å². The molecule has 2 aromatic heterocycles. The van der Waals surface area contributed by atoms with Gasteiger partial charge in [0, 0.05) is 12.4 Å². The molecule has 2 aromatic rings. The Hall–Kier alpha value is -2.23. The summed E-state index contributed by atoms with van der Waals surface area (Å²) < 4.78 is 0. The van der Waals surface area contributed by atoms with Gasteiger partial charge >= 0.3 is 0 Å². The smallest absolute Gasteiger partial charge is 0.0931 e. The number of aromatic nitrogens is 2. The van der Waals surface area contributed by atoms with Crippen molar-refractivity contribution in [2.45, 2.75) is 0 Å². The van der Waals surface area contributed by atoms with Gasteiger partial charge in [0.2, 0.25) is 0 Å². The van der Waals surface area contributed by atoms with Crippen LogP contribution in [0, 0.1) is 0 Å². The standard InChI is InChI=1S/C11H10N4/c1-3-10(7-12-5-1)14-9-15-11-4-2-6-13-8-11/h1-9H,(H,14,15). The molecule has 74 valence electrons. The summed E-state index contributed by atoms with van der Waals surface area (Å²) in [6.45, 7) is 0. The topological polar surface area (TPSA) is 50.2 Å². The maximum absolute atomic E-state index is 4.18. The second-order valence-corrected chi connectivity index (χ2v) is 2.86. The Balaban J connectivity index is 1.97. The third kappa shape index (κ3) is 2.87. The van der Waals surface area contributed by atoms with Crippen LogP contribution in [0.15, 0.2) is 54.0 Å². The van der Waals surface area contributed by atoms with E-state index in [1.165, 1.54) is 0 Å². The summed E-state index contributed by atoms with van der Waals surface area (Å²) in [4.78, 5) is 12.1. The van der Waals surface area contributed by atoms with Crippen LogP contribution in [-0.2, 0) is 0 Å². The van der Waals surface area contributed by atoms with Crippen molar-refractivity contribution in [1.29, 1.82) is 0 Å². The molecule has 0 saturated carbocycles. The van der Waals surface area contributed by atoms with Crippen LogP contribution in [0.25, 0.3) is 0 Å². The Morgan fingerprint density at radius 3 is 2.53 bits per heavy atom. The molecule has 0 aliphatic carbocycles. The maximum Gasteiger partial charge on any atom is 0.0931 e. The third-order valence-electron chi connectivity index (χ3n) is 1.75. The molecule has 0 amide bonds. The zero-order chi connectivity index (χ0) is 10.3. The molecule has 4 heteroatoms. The first-order valence-electron chi connectivity index (χ1n) is 4.54. The molecule has 0 saturated heterocycles. The molecule has 0 aliphatic rings. The van der Waals surface area contributed by atoms with Crippen molar-refractivity contribution >= 4 is 17.7 Å². The van der Waals surface area contributed by atoms with Crippen LogP contribution >= 0.6 is 0 Å². The average Bonchev–Trinajstić information content (AvgIpc) is 2.32. The molecule has 0 radical (unpaired) electrons. The molecular weight excluding hydrogens is 188 g/mol. The molecule has 0 unspecified atom stereocenters. The van der Waals surface area contributed by atoms with Gasteiger partial charge in [0.25, 0.3) is 0 Å². The lowest BCUT2D eigenvalue weighted by Crippen LogP contribution is -1.93. The van der Waals surface area contributed by atoms with E-state index < -0.39 is 0 Å². The van der Waals surface area contributed by atoms with Crippen LogP contribution in [0.2, 0.25) is 0 Å².